The van der Waals surface area contributed by atoms with Gasteiger partial charge in [0.1, 0.15) is 0 Å². The molecule has 25 heavy (non-hydrogen) atoms. The normalized spacial score (nSPS) is 15.3. The highest BCUT2D eigenvalue weighted by Gasteiger charge is 2.46. The summed E-state index contributed by atoms with van der Waals surface area (Å²) in [6.07, 6.45) is 2.68. The average Bonchev–Trinajstić information content (AvgIpc) is 3.28. The number of aromatic nitrogens is 1. The summed E-state index contributed by atoms with van der Waals surface area (Å²) >= 11 is 3.45. The number of halogens is 1. The lowest BCUT2D eigenvalue weighted by atomic mass is 9.93. The molecule has 0 aliphatic heterocycles. The zero-order valence-corrected chi connectivity index (χ0v) is 15.8. The number of hydrogen-bond donors (Lipinski definition) is 2. The first-order valence-corrected chi connectivity index (χ1v) is 9.46. The van der Waals surface area contributed by atoms with Crippen LogP contribution in [0.15, 0.2) is 53.0 Å². The minimum absolute atomic E-state index is 0.0851. The number of para-hydroxylation sites is 1. The van der Waals surface area contributed by atoms with Crippen LogP contribution in [0.25, 0.3) is 10.9 Å². The van der Waals surface area contributed by atoms with Gasteiger partial charge in [-0.15, -0.1) is 0 Å². The predicted molar refractivity (Wildman–Crippen MR) is 105 cm³/mol. The van der Waals surface area contributed by atoms with Gasteiger partial charge in [0, 0.05) is 33.0 Å². The standard InChI is InChI=1S/C21H21BrN2O/c1-14-20(17-7-2-3-8-18(17)24-14)21(9-10-21)13-23-19(25)12-15-5-4-6-16(22)11-15/h2-8,11,24H,9-10,12-13H2,1H3,(H,23,25). The van der Waals surface area contributed by atoms with Crippen molar-refractivity contribution in [1.29, 1.82) is 0 Å². The highest BCUT2D eigenvalue weighted by Crippen LogP contribution is 2.51. The van der Waals surface area contributed by atoms with Crippen LogP contribution in [0, 0.1) is 6.92 Å². The molecule has 1 heterocycles. The summed E-state index contributed by atoms with van der Waals surface area (Å²) in [5.41, 5.74) is 4.91. The number of carbonyl (C=O) groups excluding carboxylic acids is 1. The molecule has 1 fully saturated rings. The van der Waals surface area contributed by atoms with Crippen LogP contribution in [0.4, 0.5) is 0 Å². The van der Waals surface area contributed by atoms with E-state index < -0.39 is 0 Å². The van der Waals surface area contributed by atoms with Crippen molar-refractivity contribution in [1.82, 2.24) is 10.3 Å². The summed E-state index contributed by atoms with van der Waals surface area (Å²) in [7, 11) is 0. The molecule has 1 amide bonds. The maximum absolute atomic E-state index is 12.4. The number of amides is 1. The molecule has 1 aliphatic rings. The maximum Gasteiger partial charge on any atom is 0.224 e. The predicted octanol–water partition coefficient (Wildman–Crippen LogP) is 4.63. The number of benzene rings is 2. The third-order valence-corrected chi connectivity index (χ3v) is 5.65. The number of rotatable bonds is 5. The molecule has 1 saturated carbocycles. The monoisotopic (exact) mass is 396 g/mol. The summed E-state index contributed by atoms with van der Waals surface area (Å²) in [6.45, 7) is 2.85. The Balaban J connectivity index is 1.49. The van der Waals surface area contributed by atoms with Gasteiger partial charge in [0.2, 0.25) is 5.91 Å². The van der Waals surface area contributed by atoms with Gasteiger partial charge in [0.05, 0.1) is 6.42 Å². The first kappa shape index (κ1) is 16.4. The minimum atomic E-state index is 0.0851. The molecule has 0 atom stereocenters. The van der Waals surface area contributed by atoms with Crippen molar-refractivity contribution in [2.24, 2.45) is 0 Å². The van der Waals surface area contributed by atoms with Crippen molar-refractivity contribution in [2.45, 2.75) is 31.6 Å². The van der Waals surface area contributed by atoms with Gasteiger partial charge < -0.3 is 10.3 Å². The van der Waals surface area contributed by atoms with Crippen LogP contribution in [-0.4, -0.2) is 17.4 Å². The van der Waals surface area contributed by atoms with Crippen LogP contribution >= 0.6 is 15.9 Å². The maximum atomic E-state index is 12.4. The van der Waals surface area contributed by atoms with Gasteiger partial charge >= 0.3 is 0 Å². The Kier molecular flexibility index (Phi) is 4.16. The van der Waals surface area contributed by atoms with Crippen LogP contribution in [0.3, 0.4) is 0 Å². The molecule has 3 aromatic rings. The third kappa shape index (κ3) is 3.23. The summed E-state index contributed by atoms with van der Waals surface area (Å²) in [6, 6.07) is 16.4. The number of hydrogen-bond acceptors (Lipinski definition) is 1. The molecule has 1 aromatic heterocycles. The average molecular weight is 397 g/mol. The van der Waals surface area contributed by atoms with E-state index in [2.05, 4.69) is 57.4 Å². The molecule has 0 bridgehead atoms. The van der Waals surface area contributed by atoms with Gasteiger partial charge in [-0.3, -0.25) is 4.79 Å². The van der Waals surface area contributed by atoms with E-state index in [9.17, 15) is 4.79 Å². The number of carbonyl (C=O) groups is 1. The van der Waals surface area contributed by atoms with E-state index in [4.69, 9.17) is 0 Å². The molecule has 2 aromatic carbocycles. The molecule has 0 radical (unpaired) electrons. The molecule has 0 saturated heterocycles. The molecule has 4 rings (SSSR count). The molecule has 0 unspecified atom stereocenters. The second-order valence-corrected chi connectivity index (χ2v) is 7.95. The molecule has 4 heteroatoms. The van der Waals surface area contributed by atoms with Crippen LogP contribution < -0.4 is 5.32 Å². The molecular formula is C21H21BrN2O. The number of fused-ring (bicyclic) bond motifs is 1. The zero-order chi connectivity index (χ0) is 17.4. The highest BCUT2D eigenvalue weighted by molar-refractivity contribution is 9.10. The molecule has 2 N–H and O–H groups in total. The fourth-order valence-corrected chi connectivity index (χ4v) is 4.24. The number of nitrogens with one attached hydrogen (secondary N) is 2. The summed E-state index contributed by atoms with van der Waals surface area (Å²) < 4.78 is 1.01. The second-order valence-electron chi connectivity index (χ2n) is 7.03. The Morgan fingerprint density at radius 3 is 2.76 bits per heavy atom. The molecule has 1 aliphatic carbocycles. The van der Waals surface area contributed by atoms with E-state index in [0.717, 1.165) is 22.9 Å². The molecule has 3 nitrogen and oxygen atoms in total. The first-order chi connectivity index (χ1) is 12.1. The van der Waals surface area contributed by atoms with Gasteiger partial charge in [-0.25, -0.2) is 0 Å². The molecular weight excluding hydrogens is 376 g/mol. The Labute approximate surface area is 156 Å². The van der Waals surface area contributed by atoms with Crippen molar-refractivity contribution < 1.29 is 4.79 Å². The number of aryl methyl sites for hydroxylation is 1. The molecule has 0 spiro atoms. The SMILES string of the molecule is Cc1[nH]c2ccccc2c1C1(CNC(=O)Cc2cccc(Br)c2)CC1. The van der Waals surface area contributed by atoms with Crippen molar-refractivity contribution in [3.05, 3.63) is 69.8 Å². The van der Waals surface area contributed by atoms with Crippen molar-refractivity contribution >= 4 is 32.7 Å². The number of aromatic amines is 1. The minimum Gasteiger partial charge on any atom is -0.358 e. The van der Waals surface area contributed by atoms with Crippen molar-refractivity contribution in [3.8, 4) is 0 Å². The van der Waals surface area contributed by atoms with E-state index in [-0.39, 0.29) is 11.3 Å². The smallest absolute Gasteiger partial charge is 0.224 e. The van der Waals surface area contributed by atoms with E-state index in [0.29, 0.717) is 13.0 Å². The van der Waals surface area contributed by atoms with Gasteiger partial charge in [-0.1, -0.05) is 46.3 Å². The van der Waals surface area contributed by atoms with Crippen LogP contribution in [0.1, 0.15) is 29.7 Å². The van der Waals surface area contributed by atoms with E-state index in [1.807, 2.05) is 24.3 Å². The summed E-state index contributed by atoms with van der Waals surface area (Å²) in [5.74, 6) is 0.0851. The second kappa shape index (κ2) is 6.34. The largest absolute Gasteiger partial charge is 0.358 e. The fraction of sp³-hybridized carbons (Fsp3) is 0.286. The fourth-order valence-electron chi connectivity index (χ4n) is 3.79. The first-order valence-electron chi connectivity index (χ1n) is 8.66. The zero-order valence-electron chi connectivity index (χ0n) is 14.2. The Morgan fingerprint density at radius 2 is 2.00 bits per heavy atom. The van der Waals surface area contributed by atoms with Crippen LogP contribution in [-0.2, 0) is 16.6 Å². The lowest BCUT2D eigenvalue weighted by Crippen LogP contribution is -2.33. The van der Waals surface area contributed by atoms with E-state index in [1.54, 1.807) is 0 Å². The number of H-pyrrole nitrogens is 1. The molecule has 128 valence electrons. The summed E-state index contributed by atoms with van der Waals surface area (Å²) in [5, 5.41) is 4.46. The van der Waals surface area contributed by atoms with E-state index >= 15 is 0 Å². The summed E-state index contributed by atoms with van der Waals surface area (Å²) in [4.78, 5) is 15.9. The van der Waals surface area contributed by atoms with Gasteiger partial charge in [0.25, 0.3) is 0 Å². The quantitative estimate of drug-likeness (QED) is 0.648. The van der Waals surface area contributed by atoms with Crippen molar-refractivity contribution in [2.75, 3.05) is 6.54 Å². The van der Waals surface area contributed by atoms with Gasteiger partial charge in [-0.2, -0.15) is 0 Å². The lowest BCUT2D eigenvalue weighted by molar-refractivity contribution is -0.120. The lowest BCUT2D eigenvalue weighted by Gasteiger charge is -2.17. The Morgan fingerprint density at radius 1 is 1.20 bits per heavy atom. The van der Waals surface area contributed by atoms with Crippen LogP contribution in [0.2, 0.25) is 0 Å². The Bertz CT molecular complexity index is 940. The van der Waals surface area contributed by atoms with Crippen LogP contribution in [0.5, 0.6) is 0 Å². The Hall–Kier alpha value is -2.07. The van der Waals surface area contributed by atoms with E-state index in [1.165, 1.54) is 22.2 Å². The van der Waals surface area contributed by atoms with Gasteiger partial charge in [0.15, 0.2) is 0 Å². The highest BCUT2D eigenvalue weighted by atomic mass is 79.9. The topological polar surface area (TPSA) is 44.9 Å². The third-order valence-electron chi connectivity index (χ3n) is 5.16. The van der Waals surface area contributed by atoms with Crippen molar-refractivity contribution in [3.63, 3.8) is 0 Å². The van der Waals surface area contributed by atoms with Gasteiger partial charge in [-0.05, 0) is 49.1 Å².